The molecule has 0 bridgehead atoms. The third kappa shape index (κ3) is 2.39. The molecule has 0 aromatic rings. The molecular weight excluding hydrogens is 178 g/mol. The van der Waals surface area contributed by atoms with Gasteiger partial charge in [-0.05, 0) is 26.7 Å². The fourth-order valence-corrected chi connectivity index (χ4v) is 1.53. The minimum Gasteiger partial charge on any atom is -0.463 e. The van der Waals surface area contributed by atoms with Gasteiger partial charge in [-0.15, -0.1) is 0 Å². The fourth-order valence-electron chi connectivity index (χ4n) is 1.53. The lowest BCUT2D eigenvalue weighted by atomic mass is 10.1. The van der Waals surface area contributed by atoms with Crippen molar-refractivity contribution in [1.29, 1.82) is 0 Å². The van der Waals surface area contributed by atoms with E-state index in [0.29, 0.717) is 6.42 Å². The number of ether oxygens (including phenoxy) is 1. The molecule has 4 heteroatoms. The zero-order chi connectivity index (χ0) is 10.1. The van der Waals surface area contributed by atoms with Gasteiger partial charge in [0.1, 0.15) is 5.92 Å². The van der Waals surface area contributed by atoms with Gasteiger partial charge in [0.15, 0.2) is 0 Å². The highest BCUT2D eigenvalue weighted by atomic mass is 19.3. The number of hydrogen-bond acceptors (Lipinski definition) is 2. The van der Waals surface area contributed by atoms with Crippen LogP contribution in [0.2, 0.25) is 0 Å². The van der Waals surface area contributed by atoms with Gasteiger partial charge in [-0.2, -0.15) is 0 Å². The maximum absolute atomic E-state index is 13.0. The van der Waals surface area contributed by atoms with E-state index in [-0.39, 0.29) is 18.9 Å². The third-order valence-corrected chi connectivity index (χ3v) is 2.15. The second kappa shape index (κ2) is 3.60. The molecule has 0 aromatic carbocycles. The molecule has 0 aromatic heterocycles. The van der Waals surface area contributed by atoms with E-state index >= 15 is 0 Å². The molecule has 1 rings (SSSR count). The van der Waals surface area contributed by atoms with Crippen molar-refractivity contribution in [3.8, 4) is 0 Å². The zero-order valence-electron chi connectivity index (χ0n) is 7.85. The number of carbonyl (C=O) groups is 1. The summed E-state index contributed by atoms with van der Waals surface area (Å²) in [5, 5.41) is 0. The van der Waals surface area contributed by atoms with Crippen LogP contribution in [0.3, 0.4) is 0 Å². The predicted octanol–water partition coefficient (Wildman–Crippen LogP) is 2.37. The Morgan fingerprint density at radius 3 is 2.54 bits per heavy atom. The van der Waals surface area contributed by atoms with Crippen molar-refractivity contribution in [2.75, 3.05) is 0 Å². The van der Waals surface area contributed by atoms with E-state index in [2.05, 4.69) is 0 Å². The Morgan fingerprint density at radius 2 is 2.15 bits per heavy atom. The average Bonchev–Trinajstić information content (AvgIpc) is 2.27. The summed E-state index contributed by atoms with van der Waals surface area (Å²) in [6.07, 6.45) is 0.151. The first-order valence-corrected chi connectivity index (χ1v) is 4.52. The first kappa shape index (κ1) is 10.4. The first-order chi connectivity index (χ1) is 5.93. The molecule has 1 saturated carbocycles. The highest BCUT2D eigenvalue weighted by Gasteiger charge is 2.49. The van der Waals surface area contributed by atoms with Crippen molar-refractivity contribution in [3.05, 3.63) is 0 Å². The van der Waals surface area contributed by atoms with Gasteiger partial charge in [0.2, 0.25) is 0 Å². The lowest BCUT2D eigenvalue weighted by Gasteiger charge is -2.18. The van der Waals surface area contributed by atoms with Crippen LogP contribution in [-0.4, -0.2) is 18.0 Å². The normalized spacial score (nSPS) is 26.4. The number of alkyl halides is 2. The van der Waals surface area contributed by atoms with Crippen molar-refractivity contribution < 1.29 is 18.3 Å². The zero-order valence-corrected chi connectivity index (χ0v) is 7.85. The molecule has 2 nitrogen and oxygen atoms in total. The van der Waals surface area contributed by atoms with E-state index in [9.17, 15) is 13.6 Å². The fraction of sp³-hybridized carbons (Fsp3) is 0.889. The molecule has 0 heterocycles. The molecule has 1 aliphatic carbocycles. The van der Waals surface area contributed by atoms with Crippen LogP contribution in [0, 0.1) is 5.92 Å². The van der Waals surface area contributed by atoms with E-state index in [1.54, 1.807) is 13.8 Å². The van der Waals surface area contributed by atoms with Crippen LogP contribution in [0.1, 0.15) is 33.1 Å². The van der Waals surface area contributed by atoms with Gasteiger partial charge in [0.05, 0.1) is 6.10 Å². The Morgan fingerprint density at radius 1 is 1.54 bits per heavy atom. The molecule has 1 fully saturated rings. The van der Waals surface area contributed by atoms with Crippen LogP contribution in [0.4, 0.5) is 8.78 Å². The molecule has 0 aliphatic heterocycles. The van der Waals surface area contributed by atoms with Gasteiger partial charge < -0.3 is 4.74 Å². The maximum Gasteiger partial charge on any atom is 0.315 e. The number of esters is 1. The second-order valence-corrected chi connectivity index (χ2v) is 3.69. The molecule has 1 unspecified atom stereocenters. The topological polar surface area (TPSA) is 26.3 Å². The van der Waals surface area contributed by atoms with Crippen molar-refractivity contribution >= 4 is 5.97 Å². The first-order valence-electron chi connectivity index (χ1n) is 4.52. The third-order valence-electron chi connectivity index (χ3n) is 2.15. The number of rotatable bonds is 2. The minimum absolute atomic E-state index is 0.190. The van der Waals surface area contributed by atoms with E-state index in [0.717, 1.165) is 0 Å². The Kier molecular flexibility index (Phi) is 2.88. The summed E-state index contributed by atoms with van der Waals surface area (Å²) in [5.41, 5.74) is 0. The smallest absolute Gasteiger partial charge is 0.315 e. The molecule has 1 atom stereocenters. The van der Waals surface area contributed by atoms with Gasteiger partial charge in [0, 0.05) is 6.42 Å². The van der Waals surface area contributed by atoms with Crippen molar-refractivity contribution in [2.45, 2.75) is 45.1 Å². The standard InChI is InChI=1S/C9H14F2O2/c1-6(2)13-8(12)7-4-3-5-9(7,10)11/h6-7H,3-5H2,1-2H3. The molecule has 76 valence electrons. The summed E-state index contributed by atoms with van der Waals surface area (Å²) in [7, 11) is 0. The maximum atomic E-state index is 13.0. The van der Waals surface area contributed by atoms with E-state index in [1.165, 1.54) is 0 Å². The van der Waals surface area contributed by atoms with E-state index in [4.69, 9.17) is 4.74 Å². The quantitative estimate of drug-likeness (QED) is 0.628. The molecule has 0 radical (unpaired) electrons. The van der Waals surface area contributed by atoms with Gasteiger partial charge in [-0.1, -0.05) is 0 Å². The number of halogens is 2. The average molecular weight is 192 g/mol. The monoisotopic (exact) mass is 192 g/mol. The summed E-state index contributed by atoms with van der Waals surface area (Å²) < 4.78 is 30.8. The second-order valence-electron chi connectivity index (χ2n) is 3.69. The summed E-state index contributed by atoms with van der Waals surface area (Å²) in [6, 6.07) is 0. The van der Waals surface area contributed by atoms with Crippen LogP contribution < -0.4 is 0 Å². The molecule has 1 aliphatic rings. The highest BCUT2D eigenvalue weighted by Crippen LogP contribution is 2.40. The van der Waals surface area contributed by atoms with Gasteiger partial charge in [-0.3, -0.25) is 4.79 Å². The summed E-state index contributed by atoms with van der Waals surface area (Å²) >= 11 is 0. The lowest BCUT2D eigenvalue weighted by molar-refractivity contribution is -0.163. The minimum atomic E-state index is -2.86. The molecule has 0 amide bonds. The Balaban J connectivity index is 2.56. The van der Waals surface area contributed by atoms with Crippen molar-refractivity contribution in [3.63, 3.8) is 0 Å². The summed E-state index contributed by atoms with van der Waals surface area (Å²) in [5.74, 6) is -4.82. The van der Waals surface area contributed by atoms with Gasteiger partial charge >= 0.3 is 5.97 Å². The largest absolute Gasteiger partial charge is 0.463 e. The van der Waals surface area contributed by atoms with Gasteiger partial charge in [0.25, 0.3) is 5.92 Å². The molecule has 13 heavy (non-hydrogen) atoms. The Bertz CT molecular complexity index is 202. The van der Waals surface area contributed by atoms with Gasteiger partial charge in [-0.25, -0.2) is 8.78 Å². The summed E-state index contributed by atoms with van der Waals surface area (Å²) in [4.78, 5) is 11.2. The lowest BCUT2D eigenvalue weighted by Crippen LogP contribution is -2.32. The van der Waals surface area contributed by atoms with Crippen LogP contribution in [0.25, 0.3) is 0 Å². The number of hydrogen-bond donors (Lipinski definition) is 0. The number of carbonyl (C=O) groups excluding carboxylic acids is 1. The van der Waals surface area contributed by atoms with Crippen LogP contribution >= 0.6 is 0 Å². The van der Waals surface area contributed by atoms with E-state index in [1.807, 2.05) is 0 Å². The predicted molar refractivity (Wildman–Crippen MR) is 43.5 cm³/mol. The Hall–Kier alpha value is -0.670. The molecular formula is C9H14F2O2. The highest BCUT2D eigenvalue weighted by molar-refractivity contribution is 5.74. The molecule has 0 spiro atoms. The van der Waals surface area contributed by atoms with E-state index < -0.39 is 17.8 Å². The molecule has 0 N–H and O–H groups in total. The Labute approximate surface area is 76.3 Å². The van der Waals surface area contributed by atoms with Crippen LogP contribution in [0.15, 0.2) is 0 Å². The van der Waals surface area contributed by atoms with Crippen molar-refractivity contribution in [1.82, 2.24) is 0 Å². The SMILES string of the molecule is CC(C)OC(=O)C1CCCC1(F)F. The van der Waals surface area contributed by atoms with Crippen LogP contribution in [-0.2, 0) is 9.53 Å². The van der Waals surface area contributed by atoms with Crippen LogP contribution in [0.5, 0.6) is 0 Å². The molecule has 0 saturated heterocycles. The van der Waals surface area contributed by atoms with Crippen molar-refractivity contribution in [2.24, 2.45) is 5.92 Å². The summed E-state index contributed by atoms with van der Waals surface area (Å²) in [6.45, 7) is 3.32.